The number of likely N-dealkylation sites (tertiary alicyclic amines) is 1. The predicted molar refractivity (Wildman–Crippen MR) is 113 cm³/mol. The van der Waals surface area contributed by atoms with E-state index in [2.05, 4.69) is 19.2 Å². The number of halogens is 1. The lowest BCUT2D eigenvalue weighted by atomic mass is 10.0. The van der Waals surface area contributed by atoms with Crippen molar-refractivity contribution in [3.8, 4) is 0 Å². The molecule has 1 aromatic carbocycles. The molecule has 2 rings (SSSR count). The number of anilines is 1. The molecule has 1 amide bonds. The summed E-state index contributed by atoms with van der Waals surface area (Å²) in [5, 5.41) is 2.99. The number of benzene rings is 1. The molecule has 1 saturated heterocycles. The van der Waals surface area contributed by atoms with Crippen LogP contribution in [-0.2, 0) is 9.53 Å². The average Bonchev–Trinajstić information content (AvgIpc) is 2.94. The zero-order chi connectivity index (χ0) is 21.4. The number of likely N-dealkylation sites (N-methyl/N-ethyl adjacent to an activating group) is 1. The summed E-state index contributed by atoms with van der Waals surface area (Å²) in [6.45, 7) is 10.8. The molecular formula is C23H36FN2O3+. The molecule has 1 aliphatic heterocycles. The van der Waals surface area contributed by atoms with Gasteiger partial charge in [0.05, 0.1) is 37.5 Å². The first kappa shape index (κ1) is 23.3. The van der Waals surface area contributed by atoms with Gasteiger partial charge < -0.3 is 14.5 Å². The maximum atomic E-state index is 14.0. The van der Waals surface area contributed by atoms with Gasteiger partial charge in [-0.2, -0.15) is 0 Å². The number of rotatable bonds is 8. The fourth-order valence-corrected chi connectivity index (χ4v) is 4.58. The molecule has 0 aliphatic carbocycles. The Morgan fingerprint density at radius 2 is 1.79 bits per heavy atom. The quantitative estimate of drug-likeness (QED) is 0.496. The number of aryl methyl sites for hydroxylation is 1. The zero-order valence-electron chi connectivity index (χ0n) is 18.4. The number of hydrogen-bond donors (Lipinski definition) is 1. The molecule has 6 heteroatoms. The number of esters is 1. The maximum absolute atomic E-state index is 14.0. The van der Waals surface area contributed by atoms with Gasteiger partial charge in [0.1, 0.15) is 5.82 Å². The first-order valence-corrected chi connectivity index (χ1v) is 11.0. The first-order chi connectivity index (χ1) is 13.9. The van der Waals surface area contributed by atoms with Gasteiger partial charge in [-0.1, -0.05) is 6.92 Å². The number of nitrogens with one attached hydrogen (secondary N) is 1. The van der Waals surface area contributed by atoms with Crippen molar-refractivity contribution in [2.24, 2.45) is 0 Å². The van der Waals surface area contributed by atoms with E-state index in [0.717, 1.165) is 55.9 Å². The van der Waals surface area contributed by atoms with Crippen LogP contribution in [0.15, 0.2) is 12.1 Å². The summed E-state index contributed by atoms with van der Waals surface area (Å²) in [6.07, 6.45) is 6.38. The van der Waals surface area contributed by atoms with Gasteiger partial charge in [-0.25, -0.2) is 9.18 Å². The maximum Gasteiger partial charge on any atom is 0.340 e. The number of amides is 1. The molecule has 162 valence electrons. The summed E-state index contributed by atoms with van der Waals surface area (Å²) in [4.78, 5) is 25.8. The second-order valence-electron chi connectivity index (χ2n) is 8.06. The summed E-state index contributed by atoms with van der Waals surface area (Å²) < 4.78 is 19.8. The van der Waals surface area contributed by atoms with Gasteiger partial charge in [0, 0.05) is 6.42 Å². The fourth-order valence-electron chi connectivity index (χ4n) is 4.58. The van der Waals surface area contributed by atoms with E-state index in [9.17, 15) is 14.0 Å². The van der Waals surface area contributed by atoms with E-state index in [1.807, 2.05) is 0 Å². The highest BCUT2D eigenvalue weighted by atomic mass is 19.1. The molecule has 1 aromatic rings. The number of hydrogen-bond acceptors (Lipinski definition) is 3. The lowest BCUT2D eigenvalue weighted by Crippen LogP contribution is -2.60. The van der Waals surface area contributed by atoms with Gasteiger partial charge in [-0.15, -0.1) is 0 Å². The van der Waals surface area contributed by atoms with Crippen LogP contribution >= 0.6 is 0 Å². The fraction of sp³-hybridized carbons (Fsp3) is 0.652. The summed E-state index contributed by atoms with van der Waals surface area (Å²) in [5.74, 6) is -1.22. The summed E-state index contributed by atoms with van der Waals surface area (Å²) in [6, 6.07) is 2.30. The topological polar surface area (TPSA) is 55.4 Å². The highest BCUT2D eigenvalue weighted by Gasteiger charge is 2.40. The minimum atomic E-state index is -0.619. The molecule has 0 spiro atoms. The number of nitrogens with zero attached hydrogens (tertiary/aromatic N) is 1. The van der Waals surface area contributed by atoms with Crippen molar-refractivity contribution in [3.63, 3.8) is 0 Å². The standard InChI is InChI=1S/C23H35FN2O3/c1-5-12-20(26(6-2)13-10-8-9-11-14-26)22(27)25-21-17(4)15-18(24)16-19(21)23(28)29-7-3/h15-16,20H,5-14H2,1-4H3/p+1. The van der Waals surface area contributed by atoms with Crippen molar-refractivity contribution >= 4 is 17.6 Å². The SMILES string of the molecule is CCCC(C(=O)Nc1c(C)cc(F)cc1C(=O)OCC)[N+]1(CC)CCCCCC1. The van der Waals surface area contributed by atoms with Crippen LogP contribution in [0.4, 0.5) is 10.1 Å². The van der Waals surface area contributed by atoms with Gasteiger partial charge in [-0.3, -0.25) is 4.79 Å². The largest absolute Gasteiger partial charge is 0.462 e. The zero-order valence-corrected chi connectivity index (χ0v) is 18.4. The molecule has 1 aliphatic rings. The van der Waals surface area contributed by atoms with Crippen molar-refractivity contribution in [2.75, 3.05) is 31.6 Å². The van der Waals surface area contributed by atoms with Crippen molar-refractivity contribution in [3.05, 3.63) is 29.1 Å². The van der Waals surface area contributed by atoms with Crippen LogP contribution in [0, 0.1) is 12.7 Å². The molecule has 0 radical (unpaired) electrons. The third kappa shape index (κ3) is 5.56. The Bertz CT molecular complexity index is 712. The van der Waals surface area contributed by atoms with E-state index in [1.165, 1.54) is 18.9 Å². The van der Waals surface area contributed by atoms with Crippen LogP contribution < -0.4 is 5.32 Å². The molecule has 1 N–H and O–H groups in total. The molecule has 5 nitrogen and oxygen atoms in total. The predicted octanol–water partition coefficient (Wildman–Crippen LogP) is 4.83. The van der Waals surface area contributed by atoms with E-state index in [0.29, 0.717) is 11.3 Å². The Morgan fingerprint density at radius 3 is 2.34 bits per heavy atom. The minimum absolute atomic E-state index is 0.0758. The Morgan fingerprint density at radius 1 is 1.14 bits per heavy atom. The number of ether oxygens (including phenoxy) is 1. The van der Waals surface area contributed by atoms with Crippen LogP contribution in [0.1, 0.15) is 75.2 Å². The smallest absolute Gasteiger partial charge is 0.340 e. The normalized spacial score (nSPS) is 17.3. The lowest BCUT2D eigenvalue weighted by Gasteiger charge is -2.43. The molecule has 1 atom stereocenters. The van der Waals surface area contributed by atoms with Crippen LogP contribution in [-0.4, -0.2) is 48.6 Å². The third-order valence-corrected chi connectivity index (χ3v) is 6.16. The van der Waals surface area contributed by atoms with E-state index in [-0.39, 0.29) is 24.1 Å². The van der Waals surface area contributed by atoms with Crippen molar-refractivity contribution in [1.29, 1.82) is 0 Å². The second kappa shape index (κ2) is 10.7. The second-order valence-corrected chi connectivity index (χ2v) is 8.06. The monoisotopic (exact) mass is 407 g/mol. The minimum Gasteiger partial charge on any atom is -0.462 e. The number of carbonyl (C=O) groups excluding carboxylic acids is 2. The molecular weight excluding hydrogens is 371 g/mol. The van der Waals surface area contributed by atoms with Crippen LogP contribution in [0.3, 0.4) is 0 Å². The number of carbonyl (C=O) groups is 2. The molecule has 1 heterocycles. The van der Waals surface area contributed by atoms with Crippen molar-refractivity contribution in [1.82, 2.24) is 0 Å². The van der Waals surface area contributed by atoms with E-state index < -0.39 is 11.8 Å². The average molecular weight is 408 g/mol. The summed E-state index contributed by atoms with van der Waals surface area (Å²) in [5.41, 5.74) is 0.961. The Kier molecular flexibility index (Phi) is 8.62. The van der Waals surface area contributed by atoms with Crippen LogP contribution in [0.2, 0.25) is 0 Å². The molecule has 29 heavy (non-hydrogen) atoms. The third-order valence-electron chi connectivity index (χ3n) is 6.16. The van der Waals surface area contributed by atoms with Crippen LogP contribution in [0.25, 0.3) is 0 Å². The molecule has 1 unspecified atom stereocenters. The molecule has 0 bridgehead atoms. The number of quaternary nitrogens is 1. The van der Waals surface area contributed by atoms with E-state index >= 15 is 0 Å². The highest BCUT2D eigenvalue weighted by molar-refractivity contribution is 6.03. The van der Waals surface area contributed by atoms with Crippen molar-refractivity contribution < 1.29 is 23.2 Å². The Hall–Kier alpha value is -1.95. The van der Waals surface area contributed by atoms with E-state index in [1.54, 1.807) is 13.8 Å². The molecule has 0 aromatic heterocycles. The molecule has 1 fully saturated rings. The van der Waals surface area contributed by atoms with Crippen LogP contribution in [0.5, 0.6) is 0 Å². The lowest BCUT2D eigenvalue weighted by molar-refractivity contribution is -0.940. The Balaban J connectivity index is 2.38. The van der Waals surface area contributed by atoms with Gasteiger partial charge >= 0.3 is 5.97 Å². The van der Waals surface area contributed by atoms with Crippen molar-refractivity contribution in [2.45, 2.75) is 72.3 Å². The first-order valence-electron chi connectivity index (χ1n) is 11.0. The summed E-state index contributed by atoms with van der Waals surface area (Å²) >= 11 is 0. The van der Waals surface area contributed by atoms with Gasteiger partial charge in [0.2, 0.25) is 0 Å². The van der Waals surface area contributed by atoms with Gasteiger partial charge in [0.25, 0.3) is 5.91 Å². The van der Waals surface area contributed by atoms with Gasteiger partial charge in [0.15, 0.2) is 6.04 Å². The van der Waals surface area contributed by atoms with E-state index in [4.69, 9.17) is 4.74 Å². The summed E-state index contributed by atoms with van der Waals surface area (Å²) in [7, 11) is 0. The Labute approximate surface area is 174 Å². The highest BCUT2D eigenvalue weighted by Crippen LogP contribution is 2.28. The molecule has 0 saturated carbocycles. The van der Waals surface area contributed by atoms with Gasteiger partial charge in [-0.05, 0) is 70.6 Å².